The number of methoxy groups -OCH3 is 1. The fourth-order valence-electron chi connectivity index (χ4n) is 1.39. The molecule has 0 bridgehead atoms. The number of anilines is 1. The maximum absolute atomic E-state index is 10.9. The lowest BCUT2D eigenvalue weighted by Crippen LogP contribution is -2.05. The molecule has 0 unspecified atom stereocenters. The van der Waals surface area contributed by atoms with Gasteiger partial charge in [0.15, 0.2) is 0 Å². The molecule has 19 heavy (non-hydrogen) atoms. The van der Waals surface area contributed by atoms with Crippen LogP contribution < -0.4 is 10.1 Å². The normalized spacial score (nSPS) is 10.3. The highest BCUT2D eigenvalue weighted by atomic mass is 35.5. The van der Waals surface area contributed by atoms with Gasteiger partial charge in [0.25, 0.3) is 5.89 Å². The van der Waals surface area contributed by atoms with Crippen molar-refractivity contribution in [2.24, 2.45) is 0 Å². The molecule has 1 amide bonds. The van der Waals surface area contributed by atoms with E-state index < -0.39 is 0 Å². The van der Waals surface area contributed by atoms with Crippen LogP contribution in [0, 0.1) is 0 Å². The third-order valence-electron chi connectivity index (χ3n) is 2.21. The third kappa shape index (κ3) is 2.80. The molecule has 0 aliphatic heterocycles. The molecule has 1 N–H and O–H groups in total. The topological polar surface area (TPSA) is 77.3 Å². The van der Waals surface area contributed by atoms with Gasteiger partial charge in [-0.15, -0.1) is 5.10 Å². The van der Waals surface area contributed by atoms with Crippen LogP contribution in [0.1, 0.15) is 6.92 Å². The fourth-order valence-corrected chi connectivity index (χ4v) is 1.87. The zero-order valence-corrected chi connectivity index (χ0v) is 11.5. The Hall–Kier alpha value is -1.79. The van der Waals surface area contributed by atoms with E-state index in [0.717, 1.165) is 0 Å². The van der Waals surface area contributed by atoms with Crippen molar-refractivity contribution in [2.75, 3.05) is 12.4 Å². The Bertz CT molecular complexity index is 628. The Morgan fingerprint density at radius 1 is 1.32 bits per heavy atom. The van der Waals surface area contributed by atoms with Crippen molar-refractivity contribution in [3.63, 3.8) is 0 Å². The highest BCUT2D eigenvalue weighted by Crippen LogP contribution is 2.39. The Labute approximate surface area is 118 Å². The summed E-state index contributed by atoms with van der Waals surface area (Å²) < 4.78 is 10.3. The first-order valence-corrected chi connectivity index (χ1v) is 5.92. The van der Waals surface area contributed by atoms with Gasteiger partial charge in [0.1, 0.15) is 10.8 Å². The summed E-state index contributed by atoms with van der Waals surface area (Å²) >= 11 is 12.1. The summed E-state index contributed by atoms with van der Waals surface area (Å²) in [7, 11) is 1.48. The van der Waals surface area contributed by atoms with Gasteiger partial charge in [0.05, 0.1) is 17.7 Å². The van der Waals surface area contributed by atoms with E-state index in [0.29, 0.717) is 11.3 Å². The van der Waals surface area contributed by atoms with Gasteiger partial charge in [-0.05, 0) is 12.1 Å². The summed E-state index contributed by atoms with van der Waals surface area (Å²) in [6, 6.07) is 3.26. The van der Waals surface area contributed by atoms with Gasteiger partial charge in [-0.3, -0.25) is 10.1 Å². The number of amides is 1. The number of halogens is 2. The molecule has 0 atom stereocenters. The quantitative estimate of drug-likeness (QED) is 0.943. The van der Waals surface area contributed by atoms with Gasteiger partial charge >= 0.3 is 6.01 Å². The van der Waals surface area contributed by atoms with E-state index >= 15 is 0 Å². The molecular formula is C11H9Cl2N3O3. The molecule has 1 heterocycles. The first-order chi connectivity index (χ1) is 9.02. The Morgan fingerprint density at radius 3 is 2.68 bits per heavy atom. The van der Waals surface area contributed by atoms with Gasteiger partial charge in [-0.2, -0.15) is 0 Å². The average molecular weight is 302 g/mol. The van der Waals surface area contributed by atoms with Gasteiger partial charge in [-0.1, -0.05) is 28.3 Å². The molecule has 0 aliphatic rings. The average Bonchev–Trinajstić information content (AvgIpc) is 2.80. The van der Waals surface area contributed by atoms with E-state index in [-0.39, 0.29) is 27.9 Å². The Balaban J connectivity index is 2.39. The predicted octanol–water partition coefficient (Wildman–Crippen LogP) is 3.01. The number of carbonyl (C=O) groups is 1. The molecule has 6 nitrogen and oxygen atoms in total. The minimum absolute atomic E-state index is 0.00879. The van der Waals surface area contributed by atoms with Crippen LogP contribution in [0.4, 0.5) is 6.01 Å². The van der Waals surface area contributed by atoms with Crippen LogP contribution in [-0.4, -0.2) is 23.2 Å². The highest BCUT2D eigenvalue weighted by molar-refractivity contribution is 6.44. The number of aromatic nitrogens is 2. The van der Waals surface area contributed by atoms with Crippen LogP contribution in [0.3, 0.4) is 0 Å². The van der Waals surface area contributed by atoms with Crippen molar-refractivity contribution in [1.82, 2.24) is 10.2 Å². The molecule has 0 saturated heterocycles. The SMILES string of the molecule is COc1ccc(-c2nnc(NC(C)=O)o2)c(Cl)c1Cl. The number of hydrogen-bond donors (Lipinski definition) is 1. The van der Waals surface area contributed by atoms with E-state index in [9.17, 15) is 4.79 Å². The number of nitrogens with one attached hydrogen (secondary N) is 1. The number of carbonyl (C=O) groups excluding carboxylic acids is 1. The van der Waals surface area contributed by atoms with Crippen LogP contribution in [0.15, 0.2) is 16.5 Å². The minimum Gasteiger partial charge on any atom is -0.495 e. The predicted molar refractivity (Wildman–Crippen MR) is 70.6 cm³/mol. The van der Waals surface area contributed by atoms with Gasteiger partial charge in [0, 0.05) is 6.92 Å². The molecule has 0 aliphatic carbocycles. The monoisotopic (exact) mass is 301 g/mol. The minimum atomic E-state index is -0.311. The lowest BCUT2D eigenvalue weighted by molar-refractivity contribution is -0.114. The van der Waals surface area contributed by atoms with Gasteiger partial charge in [0.2, 0.25) is 5.91 Å². The summed E-state index contributed by atoms with van der Waals surface area (Å²) in [5.74, 6) is 0.282. The van der Waals surface area contributed by atoms with Crippen molar-refractivity contribution >= 4 is 35.1 Å². The molecule has 1 aromatic carbocycles. The van der Waals surface area contributed by atoms with E-state index in [1.54, 1.807) is 12.1 Å². The standard InChI is InChI=1S/C11H9Cl2N3O3/c1-5(17)14-11-16-15-10(19-11)6-3-4-7(18-2)9(13)8(6)12/h3-4H,1-2H3,(H,14,16,17). The van der Waals surface area contributed by atoms with Crippen molar-refractivity contribution in [1.29, 1.82) is 0 Å². The molecule has 0 radical (unpaired) electrons. The number of hydrogen-bond acceptors (Lipinski definition) is 5. The Kier molecular flexibility index (Phi) is 3.92. The van der Waals surface area contributed by atoms with Crippen molar-refractivity contribution < 1.29 is 13.9 Å². The van der Waals surface area contributed by atoms with Crippen molar-refractivity contribution in [2.45, 2.75) is 6.92 Å². The van der Waals surface area contributed by atoms with E-state index in [4.69, 9.17) is 32.4 Å². The Morgan fingerprint density at radius 2 is 2.05 bits per heavy atom. The molecule has 2 rings (SSSR count). The van der Waals surface area contributed by atoms with Crippen LogP contribution in [0.5, 0.6) is 5.75 Å². The summed E-state index contributed by atoms with van der Waals surface area (Å²) in [5, 5.41) is 10.3. The van der Waals surface area contributed by atoms with Crippen LogP contribution >= 0.6 is 23.2 Å². The number of benzene rings is 1. The van der Waals surface area contributed by atoms with Crippen molar-refractivity contribution in [3.8, 4) is 17.2 Å². The maximum Gasteiger partial charge on any atom is 0.322 e. The summed E-state index contributed by atoms with van der Waals surface area (Å²) in [6.45, 7) is 1.33. The maximum atomic E-state index is 10.9. The van der Waals surface area contributed by atoms with E-state index in [1.807, 2.05) is 0 Å². The smallest absolute Gasteiger partial charge is 0.322 e. The molecule has 8 heteroatoms. The van der Waals surface area contributed by atoms with E-state index in [2.05, 4.69) is 15.5 Å². The lowest BCUT2D eigenvalue weighted by Gasteiger charge is -2.06. The second kappa shape index (κ2) is 5.46. The fraction of sp³-hybridized carbons (Fsp3) is 0.182. The molecule has 100 valence electrons. The van der Waals surface area contributed by atoms with Crippen LogP contribution in [0.25, 0.3) is 11.5 Å². The van der Waals surface area contributed by atoms with Crippen LogP contribution in [0.2, 0.25) is 10.0 Å². The summed E-state index contributed by atoms with van der Waals surface area (Å²) in [6.07, 6.45) is 0. The molecule has 2 aromatic rings. The van der Waals surface area contributed by atoms with Crippen molar-refractivity contribution in [3.05, 3.63) is 22.2 Å². The number of ether oxygens (including phenoxy) is 1. The lowest BCUT2D eigenvalue weighted by atomic mass is 10.2. The summed E-state index contributed by atoms with van der Waals surface area (Å²) in [5.41, 5.74) is 0.455. The molecule has 0 saturated carbocycles. The first kappa shape index (κ1) is 13.6. The van der Waals surface area contributed by atoms with E-state index in [1.165, 1.54) is 14.0 Å². The number of rotatable bonds is 3. The summed E-state index contributed by atoms with van der Waals surface area (Å²) in [4.78, 5) is 10.9. The highest BCUT2D eigenvalue weighted by Gasteiger charge is 2.17. The second-order valence-corrected chi connectivity index (χ2v) is 4.29. The van der Waals surface area contributed by atoms with Gasteiger partial charge in [-0.25, -0.2) is 0 Å². The molecule has 0 spiro atoms. The first-order valence-electron chi connectivity index (χ1n) is 5.16. The third-order valence-corrected chi connectivity index (χ3v) is 3.07. The zero-order valence-electron chi connectivity index (χ0n) is 10.0. The van der Waals surface area contributed by atoms with Gasteiger partial charge < -0.3 is 9.15 Å². The second-order valence-electron chi connectivity index (χ2n) is 3.54. The van der Waals surface area contributed by atoms with Crippen LogP contribution in [-0.2, 0) is 4.79 Å². The largest absolute Gasteiger partial charge is 0.495 e. The number of nitrogens with zero attached hydrogens (tertiary/aromatic N) is 2. The molecule has 1 aromatic heterocycles. The molecule has 0 fully saturated rings. The molecular weight excluding hydrogens is 293 g/mol. The zero-order chi connectivity index (χ0) is 14.0.